The van der Waals surface area contributed by atoms with Gasteiger partial charge in [0.25, 0.3) is 0 Å². The second-order valence-corrected chi connectivity index (χ2v) is 5.99. The van der Waals surface area contributed by atoms with Gasteiger partial charge < -0.3 is 10.6 Å². The van der Waals surface area contributed by atoms with Gasteiger partial charge in [-0.15, -0.1) is 0 Å². The summed E-state index contributed by atoms with van der Waals surface area (Å²) in [6, 6.07) is 4.08. The van der Waals surface area contributed by atoms with Gasteiger partial charge in [-0.3, -0.25) is 9.19 Å². The van der Waals surface area contributed by atoms with Gasteiger partial charge in [0, 0.05) is 41.4 Å². The number of nitrogens with two attached hydrogens (primary N) is 1. The smallest absolute Gasteiger partial charge is 0.0572 e. The Kier molecular flexibility index (Phi) is 4.12. The molecule has 1 atom stereocenters. The van der Waals surface area contributed by atoms with Gasteiger partial charge in [-0.2, -0.15) is 0 Å². The summed E-state index contributed by atoms with van der Waals surface area (Å²) in [7, 11) is -0.630. The highest BCUT2D eigenvalue weighted by Gasteiger charge is 2.16. The summed E-state index contributed by atoms with van der Waals surface area (Å²) in [5.41, 5.74) is 7.97. The van der Waals surface area contributed by atoms with Gasteiger partial charge in [0.1, 0.15) is 0 Å². The Labute approximate surface area is 105 Å². The van der Waals surface area contributed by atoms with Crippen molar-refractivity contribution in [1.29, 1.82) is 0 Å². The first-order valence-corrected chi connectivity index (χ1v) is 7.51. The van der Waals surface area contributed by atoms with Crippen molar-refractivity contribution in [2.24, 2.45) is 5.73 Å². The predicted molar refractivity (Wildman–Crippen MR) is 71.5 cm³/mol. The minimum absolute atomic E-state index is 0.0258. The second kappa shape index (κ2) is 5.60. The van der Waals surface area contributed by atoms with Crippen molar-refractivity contribution in [3.63, 3.8) is 0 Å². The van der Waals surface area contributed by atoms with Crippen molar-refractivity contribution >= 4 is 16.5 Å². The SMILES string of the molecule is CC[C@H](N)c1ccc(N2CCS(=O)CC2)cn1. The lowest BCUT2D eigenvalue weighted by atomic mass is 10.1. The van der Waals surface area contributed by atoms with E-state index in [0.29, 0.717) is 0 Å². The van der Waals surface area contributed by atoms with E-state index >= 15 is 0 Å². The molecular weight excluding hydrogens is 234 g/mol. The molecule has 2 rings (SSSR count). The van der Waals surface area contributed by atoms with Crippen LogP contribution in [0.5, 0.6) is 0 Å². The van der Waals surface area contributed by atoms with Crippen LogP contribution >= 0.6 is 0 Å². The van der Waals surface area contributed by atoms with E-state index in [1.54, 1.807) is 0 Å². The summed E-state index contributed by atoms with van der Waals surface area (Å²) < 4.78 is 11.3. The molecule has 0 aromatic carbocycles. The van der Waals surface area contributed by atoms with Crippen molar-refractivity contribution in [3.05, 3.63) is 24.0 Å². The van der Waals surface area contributed by atoms with E-state index in [0.717, 1.165) is 42.4 Å². The number of nitrogens with zero attached hydrogens (tertiary/aromatic N) is 2. The first-order valence-electron chi connectivity index (χ1n) is 6.02. The lowest BCUT2D eigenvalue weighted by Gasteiger charge is -2.28. The fraction of sp³-hybridized carbons (Fsp3) is 0.583. The molecule has 0 aliphatic carbocycles. The van der Waals surface area contributed by atoms with Crippen LogP contribution in [0.3, 0.4) is 0 Å². The standard InChI is InChI=1S/C12H19N3OS/c1-2-11(13)12-4-3-10(9-14-12)15-5-7-17(16)8-6-15/h3-4,9,11H,2,5-8,13H2,1H3/t11-/m0/s1. The number of hydrogen-bond donors (Lipinski definition) is 1. The lowest BCUT2D eigenvalue weighted by molar-refractivity contribution is 0.670. The first kappa shape index (κ1) is 12.5. The molecule has 1 saturated heterocycles. The molecule has 0 bridgehead atoms. The number of aromatic nitrogens is 1. The van der Waals surface area contributed by atoms with Crippen molar-refractivity contribution in [1.82, 2.24) is 4.98 Å². The van der Waals surface area contributed by atoms with Crippen molar-refractivity contribution in [3.8, 4) is 0 Å². The molecule has 2 heterocycles. The van der Waals surface area contributed by atoms with Crippen LogP contribution in [0.1, 0.15) is 25.1 Å². The van der Waals surface area contributed by atoms with Gasteiger partial charge in [-0.25, -0.2) is 0 Å². The highest BCUT2D eigenvalue weighted by atomic mass is 32.2. The van der Waals surface area contributed by atoms with Gasteiger partial charge in [0.15, 0.2) is 0 Å². The average Bonchev–Trinajstić information content (AvgIpc) is 2.39. The average molecular weight is 253 g/mol. The highest BCUT2D eigenvalue weighted by molar-refractivity contribution is 7.85. The van der Waals surface area contributed by atoms with Crippen molar-refractivity contribution < 1.29 is 4.21 Å². The van der Waals surface area contributed by atoms with Crippen molar-refractivity contribution in [2.45, 2.75) is 19.4 Å². The van der Waals surface area contributed by atoms with Crippen LogP contribution in [0.25, 0.3) is 0 Å². The van der Waals surface area contributed by atoms with E-state index in [9.17, 15) is 4.21 Å². The third kappa shape index (κ3) is 3.04. The van der Waals surface area contributed by atoms with E-state index in [4.69, 9.17) is 5.73 Å². The summed E-state index contributed by atoms with van der Waals surface area (Å²) in [4.78, 5) is 6.63. The minimum Gasteiger partial charge on any atom is -0.368 e. The lowest BCUT2D eigenvalue weighted by Crippen LogP contribution is -2.37. The summed E-state index contributed by atoms with van der Waals surface area (Å²) in [5, 5.41) is 0. The van der Waals surface area contributed by atoms with Gasteiger partial charge >= 0.3 is 0 Å². The Morgan fingerprint density at radius 3 is 2.71 bits per heavy atom. The topological polar surface area (TPSA) is 59.2 Å². The normalized spacial score (nSPS) is 19.3. The number of rotatable bonds is 3. The molecule has 1 aliphatic heterocycles. The molecule has 0 radical (unpaired) electrons. The van der Waals surface area contributed by atoms with E-state index in [1.165, 1.54) is 0 Å². The Hall–Kier alpha value is -0.940. The van der Waals surface area contributed by atoms with Crippen LogP contribution in [0.2, 0.25) is 0 Å². The molecule has 0 spiro atoms. The van der Waals surface area contributed by atoms with Crippen molar-refractivity contribution in [2.75, 3.05) is 29.5 Å². The van der Waals surface area contributed by atoms with Crippen LogP contribution < -0.4 is 10.6 Å². The van der Waals surface area contributed by atoms with Crippen LogP contribution in [0.4, 0.5) is 5.69 Å². The molecule has 1 aromatic heterocycles. The van der Waals surface area contributed by atoms with Gasteiger partial charge in [-0.05, 0) is 18.6 Å². The maximum Gasteiger partial charge on any atom is 0.0572 e. The zero-order chi connectivity index (χ0) is 12.3. The Morgan fingerprint density at radius 1 is 1.47 bits per heavy atom. The fourth-order valence-corrected chi connectivity index (χ4v) is 2.96. The Balaban J connectivity index is 2.05. The van der Waals surface area contributed by atoms with Gasteiger partial charge in [-0.1, -0.05) is 6.92 Å². The number of hydrogen-bond acceptors (Lipinski definition) is 4. The summed E-state index contributed by atoms with van der Waals surface area (Å²) in [6.45, 7) is 3.77. The highest BCUT2D eigenvalue weighted by Crippen LogP contribution is 2.18. The van der Waals surface area contributed by atoms with E-state index in [2.05, 4.69) is 22.9 Å². The number of pyridine rings is 1. The molecule has 1 fully saturated rings. The first-order chi connectivity index (χ1) is 8.20. The molecule has 1 aliphatic rings. The van der Waals surface area contributed by atoms with Gasteiger partial charge in [0.2, 0.25) is 0 Å². The molecule has 5 heteroatoms. The Bertz CT molecular complexity index is 383. The second-order valence-electron chi connectivity index (χ2n) is 4.29. The molecule has 17 heavy (non-hydrogen) atoms. The van der Waals surface area contributed by atoms with E-state index < -0.39 is 10.8 Å². The quantitative estimate of drug-likeness (QED) is 0.875. The predicted octanol–water partition coefficient (Wildman–Crippen LogP) is 1.06. The molecule has 0 saturated carbocycles. The molecule has 0 amide bonds. The van der Waals surface area contributed by atoms with E-state index in [-0.39, 0.29) is 6.04 Å². The maximum atomic E-state index is 11.3. The third-order valence-corrected chi connectivity index (χ3v) is 4.41. The monoisotopic (exact) mass is 253 g/mol. The minimum atomic E-state index is -0.630. The van der Waals surface area contributed by atoms with Crippen LogP contribution in [-0.4, -0.2) is 33.8 Å². The molecule has 0 unspecified atom stereocenters. The van der Waals surface area contributed by atoms with Gasteiger partial charge in [0.05, 0.1) is 17.6 Å². The molecule has 2 N–H and O–H groups in total. The fourth-order valence-electron chi connectivity index (χ4n) is 1.91. The molecule has 94 valence electrons. The van der Waals surface area contributed by atoms with E-state index in [1.807, 2.05) is 12.3 Å². The summed E-state index contributed by atoms with van der Waals surface area (Å²) >= 11 is 0. The Morgan fingerprint density at radius 2 is 2.18 bits per heavy atom. The molecule has 4 nitrogen and oxygen atoms in total. The zero-order valence-electron chi connectivity index (χ0n) is 10.1. The third-order valence-electron chi connectivity index (χ3n) is 3.13. The van der Waals surface area contributed by atoms with Crippen LogP contribution in [-0.2, 0) is 10.8 Å². The summed E-state index contributed by atoms with van der Waals surface area (Å²) in [6.07, 6.45) is 2.77. The maximum absolute atomic E-state index is 11.3. The molecular formula is C12H19N3OS. The number of anilines is 1. The van der Waals surface area contributed by atoms with Crippen LogP contribution in [0.15, 0.2) is 18.3 Å². The molecule has 1 aromatic rings. The zero-order valence-corrected chi connectivity index (χ0v) is 10.9. The summed E-state index contributed by atoms with van der Waals surface area (Å²) in [5.74, 6) is 1.52. The largest absolute Gasteiger partial charge is 0.368 e. The van der Waals surface area contributed by atoms with Crippen LogP contribution in [0, 0.1) is 0 Å².